The van der Waals surface area contributed by atoms with Crippen molar-refractivity contribution in [1.29, 1.82) is 0 Å². The Balaban J connectivity index is 1.66. The molecule has 1 saturated heterocycles. The molecule has 0 aromatic heterocycles. The number of benzene rings is 4. The Morgan fingerprint density at radius 3 is 2.32 bits per heavy atom. The molecule has 188 valence electrons. The molecular weight excluding hydrogens is 498 g/mol. The zero-order valence-electron chi connectivity index (χ0n) is 20.7. The number of non-ortho nitro benzene ring substituents is 1. The van der Waals surface area contributed by atoms with E-state index >= 15 is 0 Å². The highest BCUT2D eigenvalue weighted by Crippen LogP contribution is 2.35. The van der Waals surface area contributed by atoms with E-state index in [0.717, 1.165) is 21.9 Å². The van der Waals surface area contributed by atoms with Crippen LogP contribution >= 0.6 is 12.2 Å². The number of fused-ring (bicyclic) bond motifs is 1. The van der Waals surface area contributed by atoms with E-state index in [4.69, 9.17) is 12.2 Å². The molecule has 4 aromatic rings. The monoisotopic (exact) mass is 521 g/mol. The maximum absolute atomic E-state index is 13.9. The first-order valence-corrected chi connectivity index (χ1v) is 12.4. The van der Waals surface area contributed by atoms with Gasteiger partial charge in [-0.15, -0.1) is 0 Å². The van der Waals surface area contributed by atoms with Gasteiger partial charge in [0, 0.05) is 12.1 Å². The Bertz CT molecular complexity index is 1640. The molecule has 1 unspecified atom stereocenters. The SMILES string of the molecule is Cc1ccc(N2C(=O)/C(=C/c3cccc([N+](=O)[O-])c3)C(=O)N(C(C)c3cccc4ccccc34)C2=S)cc1. The molecule has 0 N–H and O–H groups in total. The normalized spacial score (nSPS) is 15.8. The fourth-order valence-corrected chi connectivity index (χ4v) is 5.09. The van der Waals surface area contributed by atoms with Gasteiger partial charge in [-0.1, -0.05) is 72.3 Å². The summed E-state index contributed by atoms with van der Waals surface area (Å²) in [4.78, 5) is 41.3. The lowest BCUT2D eigenvalue weighted by molar-refractivity contribution is -0.384. The second-order valence-electron chi connectivity index (χ2n) is 9.09. The molecule has 1 heterocycles. The molecule has 0 bridgehead atoms. The Kier molecular flexibility index (Phi) is 6.57. The Morgan fingerprint density at radius 2 is 1.58 bits per heavy atom. The average molecular weight is 522 g/mol. The average Bonchev–Trinajstić information content (AvgIpc) is 2.92. The van der Waals surface area contributed by atoms with Gasteiger partial charge in [-0.25, -0.2) is 0 Å². The molecule has 1 atom stereocenters. The molecule has 2 amide bonds. The van der Waals surface area contributed by atoms with E-state index in [2.05, 4.69) is 0 Å². The number of nitro groups is 1. The predicted molar refractivity (Wildman–Crippen MR) is 152 cm³/mol. The summed E-state index contributed by atoms with van der Waals surface area (Å²) in [5.41, 5.74) is 2.51. The summed E-state index contributed by atoms with van der Waals surface area (Å²) in [6.45, 7) is 3.81. The summed E-state index contributed by atoms with van der Waals surface area (Å²) in [6.07, 6.45) is 1.39. The maximum Gasteiger partial charge on any atom is 0.270 e. The van der Waals surface area contributed by atoms with Gasteiger partial charge in [-0.3, -0.25) is 29.5 Å². The molecule has 0 aliphatic carbocycles. The van der Waals surface area contributed by atoms with Crippen LogP contribution in [0.5, 0.6) is 0 Å². The first-order chi connectivity index (χ1) is 18.3. The van der Waals surface area contributed by atoms with E-state index in [1.807, 2.05) is 68.4 Å². The largest absolute Gasteiger partial charge is 0.277 e. The van der Waals surface area contributed by atoms with Crippen molar-refractivity contribution in [3.63, 3.8) is 0 Å². The van der Waals surface area contributed by atoms with Crippen molar-refractivity contribution in [3.8, 4) is 0 Å². The van der Waals surface area contributed by atoms with Crippen LogP contribution in [0.15, 0.2) is 96.6 Å². The van der Waals surface area contributed by atoms with Crippen molar-refractivity contribution in [2.75, 3.05) is 4.90 Å². The van der Waals surface area contributed by atoms with Gasteiger partial charge >= 0.3 is 0 Å². The molecule has 0 saturated carbocycles. The Hall–Kier alpha value is -4.69. The van der Waals surface area contributed by atoms with Crippen molar-refractivity contribution in [2.24, 2.45) is 0 Å². The van der Waals surface area contributed by atoms with Gasteiger partial charge in [-0.05, 0) is 66.2 Å². The Labute approximate surface area is 224 Å². The van der Waals surface area contributed by atoms with Crippen molar-refractivity contribution >= 4 is 57.4 Å². The van der Waals surface area contributed by atoms with E-state index in [-0.39, 0.29) is 16.4 Å². The van der Waals surface area contributed by atoms with Gasteiger partial charge < -0.3 is 0 Å². The van der Waals surface area contributed by atoms with Crippen LogP contribution in [0.25, 0.3) is 16.8 Å². The molecule has 8 heteroatoms. The third kappa shape index (κ3) is 4.46. The number of anilines is 1. The molecule has 1 aliphatic rings. The minimum absolute atomic E-state index is 0.0699. The molecule has 0 spiro atoms. The Morgan fingerprint density at radius 1 is 0.895 bits per heavy atom. The lowest BCUT2D eigenvalue weighted by Gasteiger charge is -2.40. The van der Waals surface area contributed by atoms with E-state index in [1.54, 1.807) is 18.2 Å². The van der Waals surface area contributed by atoms with Gasteiger partial charge in [0.05, 0.1) is 16.7 Å². The van der Waals surface area contributed by atoms with E-state index < -0.39 is 22.8 Å². The summed E-state index contributed by atoms with van der Waals surface area (Å²) in [5.74, 6) is -1.15. The molecule has 1 fully saturated rings. The van der Waals surface area contributed by atoms with Gasteiger partial charge in [0.2, 0.25) is 0 Å². The zero-order valence-corrected chi connectivity index (χ0v) is 21.5. The van der Waals surface area contributed by atoms with Crippen LogP contribution in [-0.2, 0) is 9.59 Å². The summed E-state index contributed by atoms with van der Waals surface area (Å²) in [6, 6.07) is 26.3. The number of carbonyl (C=O) groups is 2. The third-order valence-electron chi connectivity index (χ3n) is 6.63. The van der Waals surface area contributed by atoms with Crippen molar-refractivity contribution < 1.29 is 14.5 Å². The number of aryl methyl sites for hydroxylation is 1. The molecule has 0 radical (unpaired) electrons. The molecular formula is C30H23N3O4S. The highest BCUT2D eigenvalue weighted by atomic mass is 32.1. The highest BCUT2D eigenvalue weighted by molar-refractivity contribution is 7.80. The molecule has 4 aromatic carbocycles. The van der Waals surface area contributed by atoms with Crippen LogP contribution in [0.4, 0.5) is 11.4 Å². The zero-order chi connectivity index (χ0) is 27.0. The molecule has 7 nitrogen and oxygen atoms in total. The quantitative estimate of drug-likeness (QED) is 0.100. The van der Waals surface area contributed by atoms with E-state index in [1.165, 1.54) is 34.1 Å². The number of nitro benzene ring substituents is 1. The number of nitrogens with zero attached hydrogens (tertiary/aromatic N) is 3. The summed E-state index contributed by atoms with van der Waals surface area (Å²) in [5, 5.41) is 13.4. The van der Waals surface area contributed by atoms with Crippen molar-refractivity contribution in [1.82, 2.24) is 4.90 Å². The van der Waals surface area contributed by atoms with Gasteiger partial charge in [0.25, 0.3) is 17.5 Å². The lowest BCUT2D eigenvalue weighted by atomic mass is 9.97. The van der Waals surface area contributed by atoms with Crippen LogP contribution < -0.4 is 4.90 Å². The topological polar surface area (TPSA) is 83.8 Å². The smallest absolute Gasteiger partial charge is 0.270 e. The first kappa shape index (κ1) is 25.0. The van der Waals surface area contributed by atoms with Crippen LogP contribution in [0.1, 0.15) is 29.7 Å². The second-order valence-corrected chi connectivity index (χ2v) is 9.45. The van der Waals surface area contributed by atoms with E-state index in [0.29, 0.717) is 11.3 Å². The van der Waals surface area contributed by atoms with Gasteiger partial charge in [0.1, 0.15) is 5.57 Å². The molecule has 38 heavy (non-hydrogen) atoms. The van der Waals surface area contributed by atoms with Crippen LogP contribution in [0.3, 0.4) is 0 Å². The van der Waals surface area contributed by atoms with Crippen LogP contribution in [0.2, 0.25) is 0 Å². The molecule has 1 aliphatic heterocycles. The lowest BCUT2D eigenvalue weighted by Crippen LogP contribution is -2.57. The maximum atomic E-state index is 13.9. The minimum Gasteiger partial charge on any atom is -0.277 e. The molecule has 5 rings (SSSR count). The first-order valence-electron chi connectivity index (χ1n) is 12.0. The highest BCUT2D eigenvalue weighted by Gasteiger charge is 2.43. The number of carbonyl (C=O) groups excluding carboxylic acids is 2. The third-order valence-corrected chi connectivity index (χ3v) is 7.00. The number of hydrogen-bond acceptors (Lipinski definition) is 5. The fourth-order valence-electron chi connectivity index (χ4n) is 4.66. The van der Waals surface area contributed by atoms with Crippen LogP contribution in [-0.4, -0.2) is 26.8 Å². The van der Waals surface area contributed by atoms with E-state index in [9.17, 15) is 19.7 Å². The fraction of sp³-hybridized carbons (Fsp3) is 0.100. The van der Waals surface area contributed by atoms with Crippen molar-refractivity contribution in [3.05, 3.63) is 123 Å². The summed E-state index contributed by atoms with van der Waals surface area (Å²) in [7, 11) is 0. The van der Waals surface area contributed by atoms with Crippen LogP contribution in [0, 0.1) is 17.0 Å². The van der Waals surface area contributed by atoms with Crippen molar-refractivity contribution in [2.45, 2.75) is 19.9 Å². The summed E-state index contributed by atoms with van der Waals surface area (Å²) >= 11 is 5.78. The number of amides is 2. The number of rotatable bonds is 5. The van der Waals surface area contributed by atoms with Gasteiger partial charge in [0.15, 0.2) is 5.11 Å². The predicted octanol–water partition coefficient (Wildman–Crippen LogP) is 6.36. The van der Waals surface area contributed by atoms with Gasteiger partial charge in [-0.2, -0.15) is 0 Å². The number of hydrogen-bond donors (Lipinski definition) is 0. The standard InChI is InChI=1S/C30H23N3O4S/c1-19-13-15-23(16-14-19)32-29(35)27(18-21-7-5-10-24(17-21)33(36)37)28(34)31(30(32)38)20(2)25-12-6-9-22-8-3-4-11-26(22)25/h3-18,20H,1-2H3/b27-18+. The minimum atomic E-state index is -0.586. The number of thiocarbonyl (C=S) groups is 1. The second kappa shape index (κ2) is 9.99. The summed E-state index contributed by atoms with van der Waals surface area (Å²) < 4.78 is 0.